The van der Waals surface area contributed by atoms with Crippen molar-refractivity contribution in [1.29, 1.82) is 0 Å². The maximum absolute atomic E-state index is 10.4. The van der Waals surface area contributed by atoms with Crippen molar-refractivity contribution in [2.24, 2.45) is 0 Å². The lowest BCUT2D eigenvalue weighted by molar-refractivity contribution is -0.0849. The molecule has 0 aromatic rings. The largest absolute Gasteiger partial charge is 0.394 e. The summed E-state index contributed by atoms with van der Waals surface area (Å²) in [5.41, 5.74) is 0.724. The standard InChI is InChI=1S/C18H32N6O4S2/c1-10(29)19-6-4-2-3-5-7-20-18-22-15-12(16(30)23-18)21-9-24(15)17-14(27)13(26)11(8-25)28-17/h11,13-14,17-18,20-22,25-27H,2-9H2,1H3,(H,19,29)(H,23,30). The number of hydrogen-bond acceptors (Lipinski definition) is 10. The van der Waals surface area contributed by atoms with E-state index in [2.05, 4.69) is 26.6 Å². The Kier molecular flexibility index (Phi) is 8.45. The molecular formula is C18H32N6O4S2. The van der Waals surface area contributed by atoms with Crippen LogP contribution in [-0.4, -0.2) is 87.4 Å². The molecule has 0 spiro atoms. The van der Waals surface area contributed by atoms with Gasteiger partial charge in [0.05, 0.1) is 18.3 Å². The lowest BCUT2D eigenvalue weighted by atomic mass is 10.1. The summed E-state index contributed by atoms with van der Waals surface area (Å²) in [7, 11) is 0. The Bertz CT molecular complexity index is 667. The van der Waals surface area contributed by atoms with Crippen LogP contribution in [0.25, 0.3) is 0 Å². The second-order valence-electron chi connectivity index (χ2n) is 7.66. The van der Waals surface area contributed by atoms with E-state index >= 15 is 0 Å². The third-order valence-corrected chi connectivity index (χ3v) is 5.85. The molecule has 0 saturated carbocycles. The Labute approximate surface area is 187 Å². The van der Waals surface area contributed by atoms with E-state index in [0.29, 0.717) is 17.5 Å². The van der Waals surface area contributed by atoms with Gasteiger partial charge in [0.15, 0.2) is 12.5 Å². The second-order valence-corrected chi connectivity index (χ2v) is 8.68. The SMILES string of the molecule is CC(=S)NCCCCCCNC1NC(=S)C2=C(N1)N(C1OC(CO)C(O)C1O)CN2. The van der Waals surface area contributed by atoms with Gasteiger partial charge in [-0.2, -0.15) is 0 Å². The predicted molar refractivity (Wildman–Crippen MR) is 120 cm³/mol. The minimum absolute atomic E-state index is 0.255. The summed E-state index contributed by atoms with van der Waals surface area (Å²) in [6.07, 6.45) is 0.252. The van der Waals surface area contributed by atoms with Crippen LogP contribution in [0.3, 0.4) is 0 Å². The Morgan fingerprint density at radius 3 is 2.57 bits per heavy atom. The molecule has 3 rings (SSSR count). The van der Waals surface area contributed by atoms with Gasteiger partial charge >= 0.3 is 0 Å². The smallest absolute Gasteiger partial charge is 0.162 e. The molecule has 0 aliphatic carbocycles. The van der Waals surface area contributed by atoms with E-state index in [9.17, 15) is 15.3 Å². The normalized spacial score (nSPS) is 30.6. The summed E-state index contributed by atoms with van der Waals surface area (Å²) in [6.45, 7) is 3.64. The highest BCUT2D eigenvalue weighted by molar-refractivity contribution is 7.80. The number of aliphatic hydroxyl groups excluding tert-OH is 3. The highest BCUT2D eigenvalue weighted by Crippen LogP contribution is 2.29. The van der Waals surface area contributed by atoms with Gasteiger partial charge in [0, 0.05) is 6.54 Å². The van der Waals surface area contributed by atoms with Gasteiger partial charge in [0.2, 0.25) is 0 Å². The number of unbranched alkanes of at least 4 members (excludes halogenated alkanes) is 3. The summed E-state index contributed by atoms with van der Waals surface area (Å²) < 4.78 is 5.66. The van der Waals surface area contributed by atoms with Crippen molar-refractivity contribution in [3.63, 3.8) is 0 Å². The minimum atomic E-state index is -1.14. The van der Waals surface area contributed by atoms with Crippen LogP contribution in [0.5, 0.6) is 0 Å². The molecule has 30 heavy (non-hydrogen) atoms. The summed E-state index contributed by atoms with van der Waals surface area (Å²) in [6, 6.07) is 0. The van der Waals surface area contributed by atoms with Crippen LogP contribution < -0.4 is 26.6 Å². The molecule has 1 fully saturated rings. The van der Waals surface area contributed by atoms with Gasteiger partial charge in [0.25, 0.3) is 0 Å². The van der Waals surface area contributed by atoms with Crippen molar-refractivity contribution >= 4 is 34.4 Å². The van der Waals surface area contributed by atoms with Crippen molar-refractivity contribution < 1.29 is 20.1 Å². The third-order valence-electron chi connectivity index (χ3n) is 5.38. The molecule has 3 aliphatic rings. The Balaban J connectivity index is 1.46. The summed E-state index contributed by atoms with van der Waals surface area (Å²) in [5.74, 6) is 0.702. The first kappa shape index (κ1) is 23.4. The van der Waals surface area contributed by atoms with E-state index in [-0.39, 0.29) is 12.9 Å². The first-order chi connectivity index (χ1) is 14.4. The Hall–Kier alpha value is -1.28. The summed E-state index contributed by atoms with van der Waals surface area (Å²) >= 11 is 10.5. The molecule has 0 aromatic heterocycles. The fourth-order valence-electron chi connectivity index (χ4n) is 3.76. The van der Waals surface area contributed by atoms with Gasteiger partial charge in [-0.3, -0.25) is 5.32 Å². The molecule has 170 valence electrons. The fourth-order valence-corrected chi connectivity index (χ4v) is 4.15. The zero-order valence-corrected chi connectivity index (χ0v) is 18.7. The zero-order chi connectivity index (χ0) is 21.7. The summed E-state index contributed by atoms with van der Waals surface area (Å²) in [4.78, 5) is 3.19. The first-order valence-corrected chi connectivity index (χ1v) is 11.2. The Morgan fingerprint density at radius 1 is 1.17 bits per heavy atom. The quantitative estimate of drug-likeness (QED) is 0.140. The monoisotopic (exact) mass is 460 g/mol. The highest BCUT2D eigenvalue weighted by atomic mass is 32.1. The van der Waals surface area contributed by atoms with E-state index in [4.69, 9.17) is 29.2 Å². The first-order valence-electron chi connectivity index (χ1n) is 10.3. The van der Waals surface area contributed by atoms with E-state index in [0.717, 1.165) is 49.5 Å². The Morgan fingerprint density at radius 2 is 1.90 bits per heavy atom. The molecule has 10 nitrogen and oxygen atoms in total. The van der Waals surface area contributed by atoms with Crippen LogP contribution >= 0.6 is 24.4 Å². The van der Waals surface area contributed by atoms with Crippen LogP contribution in [0.1, 0.15) is 32.6 Å². The number of nitrogens with zero attached hydrogens (tertiary/aromatic N) is 1. The summed E-state index contributed by atoms with van der Waals surface area (Å²) in [5, 5.41) is 46.0. The third kappa shape index (κ3) is 5.49. The molecule has 3 heterocycles. The molecule has 0 bridgehead atoms. The number of aliphatic hydroxyl groups is 3. The van der Waals surface area contributed by atoms with Crippen molar-refractivity contribution in [3.8, 4) is 0 Å². The van der Waals surface area contributed by atoms with Gasteiger partial charge in [0.1, 0.15) is 34.8 Å². The van der Waals surface area contributed by atoms with Crippen molar-refractivity contribution in [2.75, 3.05) is 26.4 Å². The maximum Gasteiger partial charge on any atom is 0.162 e. The lowest BCUT2D eigenvalue weighted by Gasteiger charge is -2.35. The van der Waals surface area contributed by atoms with Crippen molar-refractivity contribution in [2.45, 2.75) is 63.4 Å². The van der Waals surface area contributed by atoms with Gasteiger partial charge in [-0.15, -0.1) is 0 Å². The van der Waals surface area contributed by atoms with Crippen LogP contribution in [0, 0.1) is 0 Å². The molecule has 3 aliphatic heterocycles. The van der Waals surface area contributed by atoms with Gasteiger partial charge in [-0.05, 0) is 26.3 Å². The molecule has 5 unspecified atom stereocenters. The molecule has 0 radical (unpaired) electrons. The van der Waals surface area contributed by atoms with E-state index in [1.807, 2.05) is 6.92 Å². The van der Waals surface area contributed by atoms with Crippen LogP contribution in [-0.2, 0) is 4.74 Å². The lowest BCUT2D eigenvalue weighted by Crippen LogP contribution is -2.60. The predicted octanol–water partition coefficient (Wildman–Crippen LogP) is -1.65. The average molecular weight is 461 g/mol. The number of thiocarbonyl (C=S) groups is 2. The second kappa shape index (κ2) is 10.8. The highest BCUT2D eigenvalue weighted by Gasteiger charge is 2.48. The fraction of sp³-hybridized carbons (Fsp3) is 0.778. The molecular weight excluding hydrogens is 428 g/mol. The van der Waals surface area contributed by atoms with E-state index in [1.54, 1.807) is 4.90 Å². The molecule has 1 saturated heterocycles. The van der Waals surface area contributed by atoms with Crippen LogP contribution in [0.4, 0.5) is 0 Å². The topological polar surface area (TPSA) is 133 Å². The van der Waals surface area contributed by atoms with E-state index in [1.165, 1.54) is 0 Å². The molecule has 8 N–H and O–H groups in total. The number of rotatable bonds is 10. The van der Waals surface area contributed by atoms with Crippen LogP contribution in [0.15, 0.2) is 11.5 Å². The van der Waals surface area contributed by atoms with Crippen molar-refractivity contribution in [3.05, 3.63) is 11.5 Å². The number of ether oxygens (including phenoxy) is 1. The van der Waals surface area contributed by atoms with E-state index < -0.39 is 24.5 Å². The number of nitrogens with one attached hydrogen (secondary N) is 5. The maximum atomic E-state index is 10.4. The minimum Gasteiger partial charge on any atom is -0.394 e. The van der Waals surface area contributed by atoms with Gasteiger partial charge in [-0.25, -0.2) is 0 Å². The van der Waals surface area contributed by atoms with Crippen molar-refractivity contribution in [1.82, 2.24) is 31.5 Å². The molecule has 12 heteroatoms. The average Bonchev–Trinajstić information content (AvgIpc) is 3.25. The van der Waals surface area contributed by atoms with Gasteiger partial charge in [-0.1, -0.05) is 37.3 Å². The molecule has 0 aromatic carbocycles. The molecule has 5 atom stereocenters. The number of hydrogen-bond donors (Lipinski definition) is 8. The zero-order valence-electron chi connectivity index (χ0n) is 17.1. The van der Waals surface area contributed by atoms with Gasteiger partial charge < -0.3 is 46.2 Å². The van der Waals surface area contributed by atoms with Crippen LogP contribution in [0.2, 0.25) is 0 Å². The molecule has 0 amide bonds.